The van der Waals surface area contributed by atoms with Crippen molar-refractivity contribution in [3.63, 3.8) is 0 Å². The number of rotatable bonds is 0. The lowest BCUT2D eigenvalue weighted by molar-refractivity contribution is 0.569. The molecule has 62 valence electrons. The van der Waals surface area contributed by atoms with E-state index in [1.165, 1.54) is 0 Å². The number of aromatic nitrogens is 1. The highest BCUT2D eigenvalue weighted by molar-refractivity contribution is 5.94. The SMILES string of the molecule is c1coc2c3ccccc3nc-2c1. The number of fused-ring (bicyclic) bond motifs is 3. The van der Waals surface area contributed by atoms with E-state index in [4.69, 9.17) is 4.42 Å². The Morgan fingerprint density at radius 1 is 1.00 bits per heavy atom. The van der Waals surface area contributed by atoms with Crippen LogP contribution < -0.4 is 0 Å². The standard InChI is InChI=1S/C11H7NO/c1-2-5-9-8(4-1)11-10(12-9)6-3-7-13-11/h1-7H. The summed E-state index contributed by atoms with van der Waals surface area (Å²) < 4.78 is 5.40. The molecule has 0 fully saturated rings. The highest BCUT2D eigenvalue weighted by Gasteiger charge is 2.11. The lowest BCUT2D eigenvalue weighted by atomic mass is 10.2. The number of hydrogen-bond donors (Lipinski definition) is 0. The summed E-state index contributed by atoms with van der Waals surface area (Å²) in [5.41, 5.74) is 1.91. The Kier molecular flexibility index (Phi) is 1.19. The smallest absolute Gasteiger partial charge is 0.161 e. The molecule has 2 heteroatoms. The van der Waals surface area contributed by atoms with Gasteiger partial charge in [0.25, 0.3) is 0 Å². The zero-order valence-electron chi connectivity index (χ0n) is 6.90. The van der Waals surface area contributed by atoms with Crippen molar-refractivity contribution in [3.8, 4) is 11.5 Å². The van der Waals surface area contributed by atoms with Gasteiger partial charge < -0.3 is 4.42 Å². The van der Waals surface area contributed by atoms with Gasteiger partial charge in [-0.3, -0.25) is 0 Å². The van der Waals surface area contributed by atoms with Gasteiger partial charge in [0, 0.05) is 5.39 Å². The van der Waals surface area contributed by atoms with Crippen LogP contribution in [0.4, 0.5) is 0 Å². The van der Waals surface area contributed by atoms with Gasteiger partial charge in [-0.05, 0) is 24.3 Å². The summed E-state index contributed by atoms with van der Waals surface area (Å²) in [6.07, 6.45) is 1.68. The lowest BCUT2D eigenvalue weighted by Gasteiger charge is -1.93. The predicted molar refractivity (Wildman–Crippen MR) is 50.6 cm³/mol. The van der Waals surface area contributed by atoms with E-state index in [2.05, 4.69) is 4.98 Å². The van der Waals surface area contributed by atoms with Gasteiger partial charge in [0.1, 0.15) is 5.69 Å². The highest BCUT2D eigenvalue weighted by Crippen LogP contribution is 2.29. The Bertz CT molecular complexity index is 527. The van der Waals surface area contributed by atoms with Crippen molar-refractivity contribution >= 4 is 10.9 Å². The minimum atomic E-state index is 0.873. The Morgan fingerprint density at radius 2 is 1.92 bits per heavy atom. The second-order valence-corrected chi connectivity index (χ2v) is 2.96. The normalized spacial score (nSPS) is 11.1. The van der Waals surface area contributed by atoms with Crippen molar-refractivity contribution in [2.75, 3.05) is 0 Å². The minimum absolute atomic E-state index is 0.873. The van der Waals surface area contributed by atoms with Crippen LogP contribution in [0, 0.1) is 0 Å². The number of hydrogen-bond acceptors (Lipinski definition) is 2. The average Bonchev–Trinajstić information content (AvgIpc) is 2.56. The molecule has 3 rings (SSSR count). The second-order valence-electron chi connectivity index (χ2n) is 2.96. The molecule has 13 heavy (non-hydrogen) atoms. The van der Waals surface area contributed by atoms with E-state index in [0.29, 0.717) is 0 Å². The predicted octanol–water partition coefficient (Wildman–Crippen LogP) is 2.93. The molecule has 2 aliphatic heterocycles. The summed E-state index contributed by atoms with van der Waals surface area (Å²) in [6.45, 7) is 0. The Morgan fingerprint density at radius 3 is 2.92 bits per heavy atom. The van der Waals surface area contributed by atoms with E-state index in [1.807, 2.05) is 36.4 Å². The van der Waals surface area contributed by atoms with Crippen LogP contribution in [0.2, 0.25) is 0 Å². The molecule has 0 atom stereocenters. The molecule has 0 aromatic heterocycles. The average molecular weight is 169 g/mol. The quantitative estimate of drug-likeness (QED) is 0.517. The van der Waals surface area contributed by atoms with E-state index in [0.717, 1.165) is 22.4 Å². The molecule has 0 aliphatic carbocycles. The van der Waals surface area contributed by atoms with Crippen LogP contribution in [0.1, 0.15) is 0 Å². The Balaban J connectivity index is 2.56. The highest BCUT2D eigenvalue weighted by atomic mass is 16.3. The van der Waals surface area contributed by atoms with Gasteiger partial charge in [-0.1, -0.05) is 12.1 Å². The molecule has 1 aromatic rings. The molecular weight excluding hydrogens is 162 g/mol. The van der Waals surface area contributed by atoms with Gasteiger partial charge in [0.15, 0.2) is 5.76 Å². The molecule has 0 amide bonds. The maximum Gasteiger partial charge on any atom is 0.161 e. The van der Waals surface area contributed by atoms with Gasteiger partial charge in [-0.25, -0.2) is 4.98 Å². The van der Waals surface area contributed by atoms with E-state index in [1.54, 1.807) is 6.26 Å². The van der Waals surface area contributed by atoms with Crippen molar-refractivity contribution in [2.45, 2.75) is 0 Å². The Labute approximate surface area is 75.2 Å². The maximum atomic E-state index is 5.40. The van der Waals surface area contributed by atoms with Crippen LogP contribution >= 0.6 is 0 Å². The van der Waals surface area contributed by atoms with Crippen molar-refractivity contribution in [2.24, 2.45) is 0 Å². The topological polar surface area (TPSA) is 26.0 Å². The molecule has 0 bridgehead atoms. The summed E-state index contributed by atoms with van der Waals surface area (Å²) in [5.74, 6) is 0.873. The molecule has 0 spiro atoms. The first-order chi connectivity index (χ1) is 6.45. The Hall–Kier alpha value is -1.83. The van der Waals surface area contributed by atoms with Crippen molar-refractivity contribution in [1.82, 2.24) is 4.98 Å². The van der Waals surface area contributed by atoms with Crippen molar-refractivity contribution in [3.05, 3.63) is 42.7 Å². The summed E-state index contributed by atoms with van der Waals surface area (Å²) in [5, 5.41) is 1.08. The van der Waals surface area contributed by atoms with Gasteiger partial charge >= 0.3 is 0 Å². The monoisotopic (exact) mass is 169 g/mol. The van der Waals surface area contributed by atoms with E-state index >= 15 is 0 Å². The molecule has 0 radical (unpaired) electrons. The number of nitrogens with zero attached hydrogens (tertiary/aromatic N) is 1. The molecule has 2 heterocycles. The molecule has 0 N–H and O–H groups in total. The molecular formula is C11H7NO. The first-order valence-corrected chi connectivity index (χ1v) is 4.17. The van der Waals surface area contributed by atoms with Crippen molar-refractivity contribution in [1.29, 1.82) is 0 Å². The van der Waals surface area contributed by atoms with Gasteiger partial charge in [-0.15, -0.1) is 0 Å². The van der Waals surface area contributed by atoms with Crippen LogP contribution in [0.15, 0.2) is 47.1 Å². The van der Waals surface area contributed by atoms with Gasteiger partial charge in [0.2, 0.25) is 0 Å². The van der Waals surface area contributed by atoms with Gasteiger partial charge in [0.05, 0.1) is 11.8 Å². The van der Waals surface area contributed by atoms with Gasteiger partial charge in [-0.2, -0.15) is 0 Å². The third kappa shape index (κ3) is 0.855. The third-order valence-corrected chi connectivity index (χ3v) is 2.14. The molecule has 0 saturated heterocycles. The largest absolute Gasteiger partial charge is 0.462 e. The molecule has 2 nitrogen and oxygen atoms in total. The van der Waals surface area contributed by atoms with E-state index < -0.39 is 0 Å². The summed E-state index contributed by atoms with van der Waals surface area (Å²) >= 11 is 0. The van der Waals surface area contributed by atoms with Crippen LogP contribution in [0.5, 0.6) is 0 Å². The van der Waals surface area contributed by atoms with Crippen molar-refractivity contribution < 1.29 is 4.42 Å². The number of benzene rings is 1. The maximum absolute atomic E-state index is 5.40. The zero-order chi connectivity index (χ0) is 8.67. The number of para-hydroxylation sites is 1. The molecule has 0 unspecified atom stereocenters. The summed E-state index contributed by atoms with van der Waals surface area (Å²) in [6, 6.07) is 11.8. The zero-order valence-corrected chi connectivity index (χ0v) is 6.90. The third-order valence-electron chi connectivity index (χ3n) is 2.14. The fraction of sp³-hybridized carbons (Fsp3) is 0. The fourth-order valence-corrected chi connectivity index (χ4v) is 1.56. The minimum Gasteiger partial charge on any atom is -0.462 e. The van der Waals surface area contributed by atoms with Crippen LogP contribution in [-0.2, 0) is 0 Å². The summed E-state index contributed by atoms with van der Waals surface area (Å²) in [4.78, 5) is 4.42. The lowest BCUT2D eigenvalue weighted by Crippen LogP contribution is -1.72. The fourth-order valence-electron chi connectivity index (χ4n) is 1.56. The second kappa shape index (κ2) is 2.33. The van der Waals surface area contributed by atoms with Crippen LogP contribution in [0.25, 0.3) is 22.4 Å². The first kappa shape index (κ1) is 6.66. The van der Waals surface area contributed by atoms with Crippen LogP contribution in [0.3, 0.4) is 0 Å². The molecule has 2 aliphatic rings. The summed E-state index contributed by atoms with van der Waals surface area (Å²) in [7, 11) is 0. The van der Waals surface area contributed by atoms with Crippen LogP contribution in [-0.4, -0.2) is 4.98 Å². The molecule has 1 aromatic carbocycles. The first-order valence-electron chi connectivity index (χ1n) is 4.17. The van der Waals surface area contributed by atoms with E-state index in [-0.39, 0.29) is 0 Å². The van der Waals surface area contributed by atoms with E-state index in [9.17, 15) is 0 Å². The molecule has 0 saturated carbocycles.